The number of methoxy groups -OCH3 is 1. The Morgan fingerprint density at radius 3 is 2.41 bits per heavy atom. The first-order chi connectivity index (χ1) is 12.8. The first kappa shape index (κ1) is 19.3. The average molecular weight is 372 g/mol. The topological polar surface area (TPSA) is 32.7 Å². The van der Waals surface area contributed by atoms with Crippen LogP contribution in [0.15, 0.2) is 18.2 Å². The predicted molar refractivity (Wildman–Crippen MR) is 111 cm³/mol. The van der Waals surface area contributed by atoms with E-state index in [1.54, 1.807) is 7.11 Å². The van der Waals surface area contributed by atoms with Gasteiger partial charge in [-0.05, 0) is 55.4 Å². The van der Waals surface area contributed by atoms with Crippen molar-refractivity contribution in [2.24, 2.45) is 5.92 Å². The van der Waals surface area contributed by atoms with E-state index in [9.17, 15) is 5.11 Å². The van der Waals surface area contributed by atoms with Crippen LogP contribution in [0.5, 0.6) is 5.75 Å². The van der Waals surface area contributed by atoms with E-state index in [0.29, 0.717) is 6.04 Å². The molecule has 1 N–H and O–H groups in total. The van der Waals surface area contributed by atoms with Gasteiger partial charge in [0.1, 0.15) is 5.75 Å². The van der Waals surface area contributed by atoms with Crippen molar-refractivity contribution in [2.75, 3.05) is 20.2 Å². The summed E-state index contributed by atoms with van der Waals surface area (Å²) in [5.41, 5.74) is 2.15. The predicted octanol–water partition coefficient (Wildman–Crippen LogP) is 4.65. The minimum Gasteiger partial charge on any atom is -0.497 e. The number of ether oxygens (including phenoxy) is 1. The number of benzene rings is 1. The fourth-order valence-electron chi connectivity index (χ4n) is 6.35. The molecule has 2 bridgehead atoms. The van der Waals surface area contributed by atoms with Gasteiger partial charge in [0.05, 0.1) is 12.7 Å². The summed E-state index contributed by atoms with van der Waals surface area (Å²) in [6.07, 6.45) is 7.87. The van der Waals surface area contributed by atoms with Gasteiger partial charge in [0, 0.05) is 30.0 Å². The maximum atomic E-state index is 11.5. The molecule has 0 amide bonds. The van der Waals surface area contributed by atoms with Crippen LogP contribution >= 0.6 is 0 Å². The highest BCUT2D eigenvalue weighted by molar-refractivity contribution is 5.59. The van der Waals surface area contributed by atoms with Crippen molar-refractivity contribution in [1.82, 2.24) is 4.90 Å². The van der Waals surface area contributed by atoms with Crippen molar-refractivity contribution in [2.45, 2.75) is 88.7 Å². The highest BCUT2D eigenvalue weighted by atomic mass is 16.5. The summed E-state index contributed by atoms with van der Waals surface area (Å²) < 4.78 is 5.44. The lowest BCUT2D eigenvalue weighted by Crippen LogP contribution is -2.73. The monoisotopic (exact) mass is 371 g/mol. The van der Waals surface area contributed by atoms with Crippen molar-refractivity contribution in [3.05, 3.63) is 29.3 Å². The molecule has 1 spiro atoms. The number of likely N-dealkylation sites (tertiary alicyclic amines) is 1. The van der Waals surface area contributed by atoms with E-state index in [2.05, 4.69) is 50.8 Å². The van der Waals surface area contributed by atoms with Crippen LogP contribution < -0.4 is 4.74 Å². The molecule has 1 saturated heterocycles. The Hall–Kier alpha value is -1.06. The molecule has 1 aliphatic heterocycles. The molecule has 3 fully saturated rings. The fourth-order valence-corrected chi connectivity index (χ4v) is 6.35. The molecule has 4 atom stereocenters. The minimum atomic E-state index is -0.658. The van der Waals surface area contributed by atoms with Crippen LogP contribution in [0.25, 0.3) is 0 Å². The molecule has 0 aromatic heterocycles. The number of hydrogen-bond acceptors (Lipinski definition) is 3. The second kappa shape index (κ2) is 6.49. The molecule has 27 heavy (non-hydrogen) atoms. The van der Waals surface area contributed by atoms with E-state index >= 15 is 0 Å². The van der Waals surface area contributed by atoms with Gasteiger partial charge in [-0.3, -0.25) is 4.90 Å². The van der Waals surface area contributed by atoms with Gasteiger partial charge in [-0.25, -0.2) is 0 Å². The van der Waals surface area contributed by atoms with E-state index in [4.69, 9.17) is 4.74 Å². The first-order valence-corrected chi connectivity index (χ1v) is 11.0. The molecule has 5 rings (SSSR count). The number of nitrogens with zero attached hydrogens (tertiary/aromatic N) is 1. The smallest absolute Gasteiger partial charge is 0.119 e. The lowest BCUT2D eigenvalue weighted by atomic mass is 9.60. The van der Waals surface area contributed by atoms with E-state index in [0.717, 1.165) is 24.6 Å². The largest absolute Gasteiger partial charge is 0.497 e. The van der Waals surface area contributed by atoms with Crippen LogP contribution in [-0.4, -0.2) is 41.8 Å². The second-order valence-electron chi connectivity index (χ2n) is 9.85. The molecule has 4 aliphatic rings. The van der Waals surface area contributed by atoms with Gasteiger partial charge in [-0.2, -0.15) is 0 Å². The summed E-state index contributed by atoms with van der Waals surface area (Å²) in [6, 6.07) is 6.82. The lowest BCUT2D eigenvalue weighted by Gasteiger charge is -2.61. The number of rotatable bonds is 4. The van der Waals surface area contributed by atoms with Crippen LogP contribution in [0, 0.1) is 5.92 Å². The zero-order chi connectivity index (χ0) is 19.4. The van der Waals surface area contributed by atoms with Gasteiger partial charge in [0.25, 0.3) is 0 Å². The van der Waals surface area contributed by atoms with Gasteiger partial charge in [-0.15, -0.1) is 0 Å². The van der Waals surface area contributed by atoms with E-state index in [-0.39, 0.29) is 10.8 Å². The molecular weight excluding hydrogens is 334 g/mol. The lowest BCUT2D eigenvalue weighted by molar-refractivity contribution is -0.127. The Morgan fingerprint density at radius 1 is 1.15 bits per heavy atom. The summed E-state index contributed by atoms with van der Waals surface area (Å²) in [5, 5.41) is 11.5. The molecule has 1 aromatic rings. The molecule has 3 heteroatoms. The molecule has 4 unspecified atom stereocenters. The van der Waals surface area contributed by atoms with Crippen LogP contribution in [0.3, 0.4) is 0 Å². The van der Waals surface area contributed by atoms with Crippen molar-refractivity contribution in [1.29, 1.82) is 0 Å². The number of aliphatic hydroxyl groups is 1. The van der Waals surface area contributed by atoms with Gasteiger partial charge in [0.2, 0.25) is 0 Å². The van der Waals surface area contributed by atoms with E-state index < -0.39 is 5.60 Å². The fraction of sp³-hybridized carbons (Fsp3) is 0.750. The Morgan fingerprint density at radius 2 is 1.85 bits per heavy atom. The molecule has 3 aliphatic carbocycles. The number of unbranched alkanes of at least 4 members (excludes halogenated alkanes) is 1. The Labute approximate surface area is 165 Å². The maximum Gasteiger partial charge on any atom is 0.119 e. The van der Waals surface area contributed by atoms with Crippen molar-refractivity contribution in [3.8, 4) is 5.75 Å². The standard InChI is InChI=1S/C20H27NO2.C4H10/c1-18-11-20(15-8-7-14(23-3)9-16(15)18)12-21(10-13-5-4-6-13)17(20)19(18,2)22;1-3-4-2/h7-9,13,17,22H,4-6,10-12H2,1-3H3;3-4H2,1-2H3. The molecule has 0 radical (unpaired) electrons. The highest BCUT2D eigenvalue weighted by Gasteiger charge is 2.77. The van der Waals surface area contributed by atoms with Crippen LogP contribution in [0.2, 0.25) is 0 Å². The third-order valence-corrected chi connectivity index (χ3v) is 8.27. The van der Waals surface area contributed by atoms with E-state index in [1.165, 1.54) is 49.8 Å². The van der Waals surface area contributed by atoms with Crippen molar-refractivity contribution in [3.63, 3.8) is 0 Å². The number of fused-ring (bicyclic) bond motifs is 3. The van der Waals surface area contributed by atoms with Gasteiger partial charge in [0.15, 0.2) is 0 Å². The molecule has 150 valence electrons. The van der Waals surface area contributed by atoms with Crippen LogP contribution in [-0.2, 0) is 10.8 Å². The Bertz CT molecular complexity index is 708. The number of hydrogen-bond donors (Lipinski definition) is 1. The maximum absolute atomic E-state index is 11.5. The summed E-state index contributed by atoms with van der Waals surface area (Å²) in [5.74, 6) is 1.78. The molecule has 2 saturated carbocycles. The van der Waals surface area contributed by atoms with Gasteiger partial charge < -0.3 is 9.84 Å². The normalized spacial score (nSPS) is 39.0. The summed E-state index contributed by atoms with van der Waals surface area (Å²) in [4.78, 5) is 2.59. The molecule has 3 nitrogen and oxygen atoms in total. The zero-order valence-corrected chi connectivity index (χ0v) is 17.8. The third kappa shape index (κ3) is 2.47. The van der Waals surface area contributed by atoms with Gasteiger partial charge >= 0.3 is 0 Å². The Kier molecular flexibility index (Phi) is 4.63. The summed E-state index contributed by atoms with van der Waals surface area (Å²) in [6.45, 7) is 11.0. The molecular formula is C24H37NO2. The van der Waals surface area contributed by atoms with Crippen LogP contribution in [0.4, 0.5) is 0 Å². The van der Waals surface area contributed by atoms with Gasteiger partial charge in [-0.1, -0.05) is 46.1 Å². The molecule has 1 aromatic carbocycles. The van der Waals surface area contributed by atoms with Crippen molar-refractivity contribution < 1.29 is 9.84 Å². The zero-order valence-electron chi connectivity index (χ0n) is 17.8. The third-order valence-electron chi connectivity index (χ3n) is 8.27. The summed E-state index contributed by atoms with van der Waals surface area (Å²) >= 11 is 0. The SMILES string of the molecule is CCCC.COc1ccc2c(c1)C1(C)CC23CN(CC2CCC2)C3C1(C)O. The van der Waals surface area contributed by atoms with E-state index in [1.807, 2.05) is 0 Å². The second-order valence-corrected chi connectivity index (χ2v) is 9.85. The average Bonchev–Trinajstić information content (AvgIpc) is 2.95. The summed E-state index contributed by atoms with van der Waals surface area (Å²) in [7, 11) is 1.72. The van der Waals surface area contributed by atoms with Crippen molar-refractivity contribution >= 4 is 0 Å². The Balaban J connectivity index is 0.000000413. The quantitative estimate of drug-likeness (QED) is 0.836. The highest BCUT2D eigenvalue weighted by Crippen LogP contribution is 2.70. The minimum absolute atomic E-state index is 0.157. The molecule has 1 heterocycles. The first-order valence-electron chi connectivity index (χ1n) is 11.0. The van der Waals surface area contributed by atoms with Crippen LogP contribution in [0.1, 0.15) is 77.3 Å².